The molecule has 0 radical (unpaired) electrons. The molecule has 0 saturated heterocycles. The molecule has 0 fully saturated rings. The van der Waals surface area contributed by atoms with E-state index in [0.29, 0.717) is 17.3 Å². The number of hydrogen-bond donors (Lipinski definition) is 2. The van der Waals surface area contributed by atoms with Crippen molar-refractivity contribution >= 4 is 29.9 Å². The molecule has 1 rings (SSSR count). The number of rotatable bonds is 5. The Morgan fingerprint density at radius 3 is 2.63 bits per heavy atom. The molecule has 108 valence electrons. The maximum atomic E-state index is 11.7. The summed E-state index contributed by atoms with van der Waals surface area (Å²) in [7, 11) is 1.57. The highest BCUT2D eigenvalue weighted by Crippen LogP contribution is 2.25. The van der Waals surface area contributed by atoms with Crippen LogP contribution in [0.5, 0.6) is 5.75 Å². The summed E-state index contributed by atoms with van der Waals surface area (Å²) in [5.74, 6) is 0.561. The summed E-state index contributed by atoms with van der Waals surface area (Å²) in [5, 5.41) is 3.33. The molecule has 1 aromatic carbocycles. The Kier molecular flexibility index (Phi) is 7.83. The number of nitrogens with two attached hydrogens (primary N) is 1. The molecule has 1 aromatic rings. The maximum Gasteiger partial charge on any atom is 0.237 e. The topological polar surface area (TPSA) is 64.3 Å². The molecule has 0 aliphatic rings. The summed E-state index contributed by atoms with van der Waals surface area (Å²) < 4.78 is 5.20. The Bertz CT molecular complexity index is 425. The molecule has 0 spiro atoms. The highest BCUT2D eigenvalue weighted by Gasteiger charge is 2.17. The molecule has 0 aliphatic heterocycles. The predicted molar refractivity (Wildman–Crippen MR) is 79.9 cm³/mol. The van der Waals surface area contributed by atoms with Crippen molar-refractivity contribution in [2.75, 3.05) is 7.11 Å². The van der Waals surface area contributed by atoms with Gasteiger partial charge in [-0.3, -0.25) is 4.79 Å². The fourth-order valence-electron chi connectivity index (χ4n) is 1.50. The molecule has 3 N–H and O–H groups in total. The largest absolute Gasteiger partial charge is 0.496 e. The lowest BCUT2D eigenvalue weighted by Gasteiger charge is -2.16. The van der Waals surface area contributed by atoms with Crippen LogP contribution >= 0.6 is 24.0 Å². The molecule has 1 atom stereocenters. The fraction of sp³-hybridized carbons (Fsp3) is 0.462. The Morgan fingerprint density at radius 2 is 2.11 bits per heavy atom. The SMILES string of the molecule is COc1cccc(Cl)c1CNC(=O)[C@@H](N)C(C)C.Cl. The Balaban J connectivity index is 0.00000324. The first-order valence-electron chi connectivity index (χ1n) is 5.82. The number of methoxy groups -OCH3 is 1. The van der Waals surface area contributed by atoms with Crippen molar-refractivity contribution in [1.82, 2.24) is 5.32 Å². The molecule has 0 unspecified atom stereocenters. The van der Waals surface area contributed by atoms with Crippen molar-refractivity contribution in [1.29, 1.82) is 0 Å². The Hall–Kier alpha value is -0.970. The van der Waals surface area contributed by atoms with Gasteiger partial charge in [-0.1, -0.05) is 31.5 Å². The second-order valence-electron chi connectivity index (χ2n) is 4.41. The van der Waals surface area contributed by atoms with Crippen molar-refractivity contribution < 1.29 is 9.53 Å². The summed E-state index contributed by atoms with van der Waals surface area (Å²) >= 11 is 6.07. The maximum absolute atomic E-state index is 11.7. The first-order valence-corrected chi connectivity index (χ1v) is 6.19. The van der Waals surface area contributed by atoms with E-state index in [1.165, 1.54) is 0 Å². The second-order valence-corrected chi connectivity index (χ2v) is 4.82. The van der Waals surface area contributed by atoms with Gasteiger partial charge in [-0.05, 0) is 18.1 Å². The first-order chi connectivity index (χ1) is 8.47. The van der Waals surface area contributed by atoms with Crippen LogP contribution < -0.4 is 15.8 Å². The first kappa shape index (κ1) is 18.0. The molecule has 0 aliphatic carbocycles. The van der Waals surface area contributed by atoms with Gasteiger partial charge in [-0.15, -0.1) is 12.4 Å². The highest BCUT2D eigenvalue weighted by atomic mass is 35.5. The van der Waals surface area contributed by atoms with Crippen molar-refractivity contribution in [3.63, 3.8) is 0 Å². The molecule has 1 amide bonds. The number of halogens is 2. The normalized spacial score (nSPS) is 11.7. The molecule has 0 saturated carbocycles. The third-order valence-electron chi connectivity index (χ3n) is 2.76. The van der Waals surface area contributed by atoms with Crippen molar-refractivity contribution in [3.8, 4) is 5.75 Å². The number of amides is 1. The van der Waals surface area contributed by atoms with Crippen molar-refractivity contribution in [3.05, 3.63) is 28.8 Å². The van der Waals surface area contributed by atoms with Gasteiger partial charge in [-0.25, -0.2) is 0 Å². The summed E-state index contributed by atoms with van der Waals surface area (Å²) in [6.45, 7) is 4.11. The Labute approximate surface area is 125 Å². The number of nitrogens with one attached hydrogen (secondary N) is 1. The van der Waals surface area contributed by atoms with Crippen LogP contribution in [0.4, 0.5) is 0 Å². The number of carbonyl (C=O) groups excluding carboxylic acids is 1. The molecule has 0 heterocycles. The molecular weight excluding hydrogens is 287 g/mol. The monoisotopic (exact) mass is 306 g/mol. The summed E-state index contributed by atoms with van der Waals surface area (Å²) in [6, 6.07) is 4.84. The lowest BCUT2D eigenvalue weighted by atomic mass is 10.0. The molecular formula is C13H20Cl2N2O2. The van der Waals surface area contributed by atoms with Crippen LogP contribution in [0.2, 0.25) is 5.02 Å². The molecule has 0 aromatic heterocycles. The van der Waals surface area contributed by atoms with E-state index < -0.39 is 6.04 Å². The summed E-state index contributed by atoms with van der Waals surface area (Å²) in [5.41, 5.74) is 6.51. The zero-order valence-corrected chi connectivity index (χ0v) is 12.8. The Morgan fingerprint density at radius 1 is 1.47 bits per heavy atom. The van der Waals surface area contributed by atoms with Crippen molar-refractivity contribution in [2.45, 2.75) is 26.4 Å². The second kappa shape index (κ2) is 8.25. The van der Waals surface area contributed by atoms with Gasteiger partial charge in [0, 0.05) is 17.1 Å². The van der Waals surface area contributed by atoms with Crippen LogP contribution in [-0.4, -0.2) is 19.1 Å². The van der Waals surface area contributed by atoms with Crippen LogP contribution in [0.15, 0.2) is 18.2 Å². The summed E-state index contributed by atoms with van der Waals surface area (Å²) in [6.07, 6.45) is 0. The van der Waals surface area contributed by atoms with Gasteiger partial charge in [0.15, 0.2) is 0 Å². The number of carbonyl (C=O) groups is 1. The molecule has 0 bridgehead atoms. The van der Waals surface area contributed by atoms with E-state index in [1.807, 2.05) is 13.8 Å². The quantitative estimate of drug-likeness (QED) is 0.878. The van der Waals surface area contributed by atoms with Gasteiger partial charge >= 0.3 is 0 Å². The number of hydrogen-bond acceptors (Lipinski definition) is 3. The minimum absolute atomic E-state index is 0. The van der Waals surface area contributed by atoms with E-state index in [1.54, 1.807) is 25.3 Å². The van der Waals surface area contributed by atoms with Gasteiger partial charge in [-0.2, -0.15) is 0 Å². The van der Waals surface area contributed by atoms with E-state index in [2.05, 4.69) is 5.32 Å². The minimum atomic E-state index is -0.515. The van der Waals surface area contributed by atoms with E-state index >= 15 is 0 Å². The van der Waals surface area contributed by atoms with Crippen LogP contribution in [0.3, 0.4) is 0 Å². The van der Waals surface area contributed by atoms with E-state index in [0.717, 1.165) is 5.56 Å². The molecule has 6 heteroatoms. The third kappa shape index (κ3) is 4.90. The van der Waals surface area contributed by atoms with Crippen LogP contribution in [0.25, 0.3) is 0 Å². The highest BCUT2D eigenvalue weighted by molar-refractivity contribution is 6.31. The van der Waals surface area contributed by atoms with Gasteiger partial charge in [0.1, 0.15) is 5.75 Å². The zero-order valence-electron chi connectivity index (χ0n) is 11.3. The minimum Gasteiger partial charge on any atom is -0.496 e. The van der Waals surface area contributed by atoms with Gasteiger partial charge < -0.3 is 15.8 Å². The summed E-state index contributed by atoms with van der Waals surface area (Å²) in [4.78, 5) is 11.7. The molecule has 4 nitrogen and oxygen atoms in total. The lowest BCUT2D eigenvalue weighted by Crippen LogP contribution is -2.43. The smallest absolute Gasteiger partial charge is 0.237 e. The predicted octanol–water partition coefficient (Wildman–Crippen LogP) is 2.37. The average molecular weight is 307 g/mol. The van der Waals surface area contributed by atoms with E-state index in [9.17, 15) is 4.79 Å². The number of ether oxygens (including phenoxy) is 1. The zero-order chi connectivity index (χ0) is 13.7. The van der Waals surface area contributed by atoms with E-state index in [4.69, 9.17) is 22.1 Å². The van der Waals surface area contributed by atoms with Gasteiger partial charge in [0.05, 0.1) is 13.2 Å². The standard InChI is InChI=1S/C13H19ClN2O2.ClH/c1-8(2)12(15)13(17)16-7-9-10(14)5-4-6-11(9)18-3;/h4-6,8,12H,7,15H2,1-3H3,(H,16,17);1H/t12-;/m0./s1. The lowest BCUT2D eigenvalue weighted by molar-refractivity contribution is -0.123. The van der Waals surface area contributed by atoms with Crippen LogP contribution in [-0.2, 0) is 11.3 Å². The average Bonchev–Trinajstić information content (AvgIpc) is 2.35. The molecule has 19 heavy (non-hydrogen) atoms. The van der Waals surface area contributed by atoms with E-state index in [-0.39, 0.29) is 24.2 Å². The third-order valence-corrected chi connectivity index (χ3v) is 3.11. The van der Waals surface area contributed by atoms with Crippen LogP contribution in [0.1, 0.15) is 19.4 Å². The van der Waals surface area contributed by atoms with Crippen LogP contribution in [0, 0.1) is 5.92 Å². The van der Waals surface area contributed by atoms with Gasteiger partial charge in [0.2, 0.25) is 5.91 Å². The van der Waals surface area contributed by atoms with Gasteiger partial charge in [0.25, 0.3) is 0 Å². The fourth-order valence-corrected chi connectivity index (χ4v) is 1.73. The van der Waals surface area contributed by atoms with Crippen molar-refractivity contribution in [2.24, 2.45) is 11.7 Å². The number of benzene rings is 1.